The van der Waals surface area contributed by atoms with E-state index in [1.54, 1.807) is 25.3 Å². The van der Waals surface area contributed by atoms with Gasteiger partial charge in [-0.25, -0.2) is 0 Å². The second-order valence-electron chi connectivity index (χ2n) is 6.28. The Morgan fingerprint density at radius 1 is 1.00 bits per heavy atom. The Hall–Kier alpha value is -3.12. The summed E-state index contributed by atoms with van der Waals surface area (Å²) in [6.07, 6.45) is 0. The molecule has 0 radical (unpaired) electrons. The molecule has 1 unspecified atom stereocenters. The number of carbonyl (C=O) groups is 2. The second kappa shape index (κ2) is 8.05. The maximum atomic E-state index is 12.8. The minimum atomic E-state index is -0.302. The zero-order valence-electron chi connectivity index (χ0n) is 15.5. The number of benzene rings is 2. The number of carbonyl (C=O) groups excluding carboxylic acids is 2. The van der Waals surface area contributed by atoms with Crippen LogP contribution < -0.4 is 15.4 Å². The lowest BCUT2D eigenvalue weighted by Crippen LogP contribution is -2.21. The van der Waals surface area contributed by atoms with Crippen molar-refractivity contribution in [1.82, 2.24) is 0 Å². The van der Waals surface area contributed by atoms with E-state index in [9.17, 15) is 9.59 Å². The van der Waals surface area contributed by atoms with E-state index in [2.05, 4.69) is 10.6 Å². The van der Waals surface area contributed by atoms with Crippen molar-refractivity contribution >= 4 is 28.8 Å². The van der Waals surface area contributed by atoms with E-state index < -0.39 is 0 Å². The molecule has 0 aliphatic heterocycles. The van der Waals surface area contributed by atoms with Gasteiger partial charge in [0.1, 0.15) is 12.4 Å². The predicted molar refractivity (Wildman–Crippen MR) is 105 cm³/mol. The number of hydrogen-bond donors (Lipinski definition) is 2. The lowest BCUT2D eigenvalue weighted by Gasteiger charge is -2.14. The van der Waals surface area contributed by atoms with Crippen molar-refractivity contribution in [3.8, 4) is 5.75 Å². The highest BCUT2D eigenvalue weighted by atomic mass is 16.5. The third kappa shape index (κ3) is 4.17. The van der Waals surface area contributed by atoms with E-state index in [0.717, 1.165) is 16.7 Å². The SMILES string of the molecule is COCC(=O)Nc1ccc(OC)cc1NC(=O)C1C(C)=C1c1ccccc1. The first-order valence-corrected chi connectivity index (χ1v) is 8.59. The topological polar surface area (TPSA) is 76.7 Å². The molecular formula is C21H22N2O4. The number of ether oxygens (including phenoxy) is 2. The molecule has 2 aromatic rings. The van der Waals surface area contributed by atoms with Gasteiger partial charge in [-0.15, -0.1) is 0 Å². The van der Waals surface area contributed by atoms with Crippen molar-refractivity contribution in [2.45, 2.75) is 6.92 Å². The molecule has 2 N–H and O–H groups in total. The largest absolute Gasteiger partial charge is 0.497 e. The van der Waals surface area contributed by atoms with Gasteiger partial charge >= 0.3 is 0 Å². The van der Waals surface area contributed by atoms with Crippen LogP contribution >= 0.6 is 0 Å². The van der Waals surface area contributed by atoms with Crippen molar-refractivity contribution in [1.29, 1.82) is 0 Å². The van der Waals surface area contributed by atoms with Crippen LogP contribution in [0.4, 0.5) is 11.4 Å². The van der Waals surface area contributed by atoms with Gasteiger partial charge in [-0.2, -0.15) is 0 Å². The van der Waals surface area contributed by atoms with Crippen molar-refractivity contribution < 1.29 is 19.1 Å². The zero-order valence-corrected chi connectivity index (χ0v) is 15.5. The lowest BCUT2D eigenvalue weighted by atomic mass is 10.1. The van der Waals surface area contributed by atoms with Gasteiger partial charge < -0.3 is 20.1 Å². The van der Waals surface area contributed by atoms with Gasteiger partial charge in [-0.3, -0.25) is 9.59 Å². The Labute approximate surface area is 158 Å². The van der Waals surface area contributed by atoms with Gasteiger partial charge in [0.25, 0.3) is 0 Å². The highest BCUT2D eigenvalue weighted by Gasteiger charge is 2.40. The molecule has 2 aromatic carbocycles. The number of amides is 2. The summed E-state index contributed by atoms with van der Waals surface area (Å²) in [5.74, 6) is -0.120. The van der Waals surface area contributed by atoms with Crippen LogP contribution in [0.3, 0.4) is 0 Å². The monoisotopic (exact) mass is 366 g/mol. The molecule has 0 heterocycles. The molecule has 3 rings (SSSR count). The van der Waals surface area contributed by atoms with E-state index in [-0.39, 0.29) is 24.3 Å². The molecule has 0 aromatic heterocycles. The van der Waals surface area contributed by atoms with Crippen LogP contribution in [0.15, 0.2) is 54.1 Å². The van der Waals surface area contributed by atoms with E-state index >= 15 is 0 Å². The van der Waals surface area contributed by atoms with Gasteiger partial charge in [0, 0.05) is 13.2 Å². The number of hydrogen-bond acceptors (Lipinski definition) is 4. The van der Waals surface area contributed by atoms with Crippen LogP contribution in [0.2, 0.25) is 0 Å². The third-order valence-electron chi connectivity index (χ3n) is 4.44. The number of nitrogens with one attached hydrogen (secondary N) is 2. The molecule has 1 aliphatic rings. The molecule has 1 atom stereocenters. The summed E-state index contributed by atoms with van der Waals surface area (Å²) in [4.78, 5) is 24.7. The van der Waals surface area contributed by atoms with Crippen molar-refractivity contribution in [3.05, 3.63) is 59.7 Å². The first kappa shape index (κ1) is 18.7. The molecule has 0 saturated heterocycles. The normalized spacial score (nSPS) is 15.3. The fraction of sp³-hybridized carbons (Fsp3) is 0.238. The molecular weight excluding hydrogens is 344 g/mol. The predicted octanol–water partition coefficient (Wildman–Crippen LogP) is 3.32. The Bertz CT molecular complexity index is 890. The average molecular weight is 366 g/mol. The molecule has 0 spiro atoms. The van der Waals surface area contributed by atoms with Crippen LogP contribution in [0.1, 0.15) is 12.5 Å². The molecule has 140 valence electrons. The molecule has 6 nitrogen and oxygen atoms in total. The lowest BCUT2D eigenvalue weighted by molar-refractivity contribution is -0.119. The number of anilines is 2. The Kier molecular flexibility index (Phi) is 5.57. The Morgan fingerprint density at radius 2 is 1.74 bits per heavy atom. The molecule has 2 amide bonds. The summed E-state index contributed by atoms with van der Waals surface area (Å²) in [5.41, 5.74) is 4.11. The second-order valence-corrected chi connectivity index (χ2v) is 6.28. The van der Waals surface area contributed by atoms with Crippen molar-refractivity contribution in [2.24, 2.45) is 5.92 Å². The summed E-state index contributed by atoms with van der Waals surface area (Å²) in [7, 11) is 2.99. The summed E-state index contributed by atoms with van der Waals surface area (Å²) in [6.45, 7) is 1.89. The van der Waals surface area contributed by atoms with E-state index in [0.29, 0.717) is 17.1 Å². The summed E-state index contributed by atoms with van der Waals surface area (Å²) < 4.78 is 10.1. The first-order valence-electron chi connectivity index (χ1n) is 8.59. The fourth-order valence-electron chi connectivity index (χ4n) is 3.06. The number of methoxy groups -OCH3 is 2. The molecule has 1 aliphatic carbocycles. The van der Waals surface area contributed by atoms with Crippen molar-refractivity contribution in [2.75, 3.05) is 31.5 Å². The maximum Gasteiger partial charge on any atom is 0.250 e. The van der Waals surface area contributed by atoms with Gasteiger partial charge in [0.2, 0.25) is 11.8 Å². The first-order chi connectivity index (χ1) is 13.0. The van der Waals surface area contributed by atoms with Crippen molar-refractivity contribution in [3.63, 3.8) is 0 Å². The maximum absolute atomic E-state index is 12.8. The number of rotatable bonds is 7. The molecule has 27 heavy (non-hydrogen) atoms. The minimum Gasteiger partial charge on any atom is -0.497 e. The van der Waals surface area contributed by atoms with Gasteiger partial charge in [-0.05, 0) is 30.2 Å². The average Bonchev–Trinajstić information content (AvgIpc) is 3.35. The smallest absolute Gasteiger partial charge is 0.250 e. The van der Waals surface area contributed by atoms with Crippen LogP contribution in [-0.4, -0.2) is 32.6 Å². The third-order valence-corrected chi connectivity index (χ3v) is 4.44. The summed E-state index contributed by atoms with van der Waals surface area (Å²) in [6, 6.07) is 14.9. The zero-order chi connectivity index (χ0) is 19.4. The molecule has 6 heteroatoms. The molecule has 0 bridgehead atoms. The van der Waals surface area contributed by atoms with E-state index in [1.807, 2.05) is 37.3 Å². The standard InChI is InChI=1S/C21H22N2O4/c1-13-19(14-7-5-4-6-8-14)20(13)21(25)23-17-11-15(27-3)9-10-16(17)22-18(24)12-26-2/h4-11,20H,12H2,1-3H3,(H,22,24)(H,23,25). The van der Waals surface area contributed by atoms with E-state index in [4.69, 9.17) is 9.47 Å². The van der Waals surface area contributed by atoms with E-state index in [1.165, 1.54) is 7.11 Å². The van der Waals surface area contributed by atoms with Crippen LogP contribution in [0, 0.1) is 5.92 Å². The summed E-state index contributed by atoms with van der Waals surface area (Å²) in [5, 5.41) is 5.64. The highest BCUT2D eigenvalue weighted by molar-refractivity contribution is 6.12. The quantitative estimate of drug-likeness (QED) is 0.788. The van der Waals surface area contributed by atoms with Crippen LogP contribution in [0.25, 0.3) is 5.57 Å². The minimum absolute atomic E-state index is 0.0686. The van der Waals surface area contributed by atoms with Gasteiger partial charge in [0.05, 0.1) is 24.4 Å². The van der Waals surface area contributed by atoms with Gasteiger partial charge in [-0.1, -0.05) is 35.9 Å². The molecule has 0 saturated carbocycles. The Balaban J connectivity index is 1.76. The van der Waals surface area contributed by atoms with Crippen LogP contribution in [0.5, 0.6) is 5.75 Å². The highest BCUT2D eigenvalue weighted by Crippen LogP contribution is 2.47. The molecule has 0 fully saturated rings. The fourth-order valence-corrected chi connectivity index (χ4v) is 3.06. The summed E-state index contributed by atoms with van der Waals surface area (Å²) >= 11 is 0. The Morgan fingerprint density at radius 3 is 2.41 bits per heavy atom. The van der Waals surface area contributed by atoms with Gasteiger partial charge in [0.15, 0.2) is 0 Å². The van der Waals surface area contributed by atoms with Crippen LogP contribution in [-0.2, 0) is 14.3 Å².